The maximum absolute atomic E-state index is 14.0. The van der Waals surface area contributed by atoms with Gasteiger partial charge in [0.25, 0.3) is 0 Å². The van der Waals surface area contributed by atoms with Gasteiger partial charge in [-0.25, -0.2) is 10.4 Å². The van der Waals surface area contributed by atoms with Crippen molar-refractivity contribution in [1.82, 2.24) is 47.7 Å². The van der Waals surface area contributed by atoms with Crippen molar-refractivity contribution in [3.8, 4) is 5.75 Å². The number of Topliss-reactive ketones (excluding diaryl/α,β-unsaturated/α-hetero) is 3. The van der Waals surface area contributed by atoms with Crippen molar-refractivity contribution < 1.29 is 63.0 Å². The molecule has 8 amide bonds. The number of phenolic OH excluding ortho intramolecular Hbond substituents is 1. The molecule has 14 N–H and O–H groups in total. The summed E-state index contributed by atoms with van der Waals surface area (Å²) in [5.74, 6) is -7.57. The Morgan fingerprint density at radius 3 is 2.12 bits per heavy atom. The van der Waals surface area contributed by atoms with E-state index in [0.717, 1.165) is 0 Å². The lowest BCUT2D eigenvalue weighted by molar-refractivity contribution is -0.140. The lowest BCUT2D eigenvalue weighted by Crippen LogP contribution is -2.62. The molecule has 0 radical (unpaired) electrons. The summed E-state index contributed by atoms with van der Waals surface area (Å²) >= 11 is 8.63. The maximum Gasteiger partial charge on any atom is 0.245 e. The third kappa shape index (κ3) is 21.7. The number of aliphatic hydroxyl groups excluding tert-OH is 1. The van der Waals surface area contributed by atoms with Crippen molar-refractivity contribution in [2.45, 2.75) is 126 Å². The SMILES string of the molecule is C[C@@H]1NC(=O)[C@@H]2CCCN2NC(CC(N)=O)C(=O)N[C@@H]([C@@H](C)O)C(=O)NCC(=O)NC(C(=O)N[C@@H](Cc2ccc(O)cc2)C(N)=O)CCCC[C@@H]2CC(CSSCN[C@@H](CS)C(=O)C1=O)CSSCC(=O)[C@H](CS)NC2=O. The number of phenols is 1. The first-order chi connectivity index (χ1) is 36.6. The van der Waals surface area contributed by atoms with Gasteiger partial charge in [0.05, 0.1) is 48.8 Å². The van der Waals surface area contributed by atoms with Crippen molar-refractivity contribution in [1.29, 1.82) is 0 Å². The van der Waals surface area contributed by atoms with Crippen LogP contribution in [-0.4, -0.2) is 182 Å². The molecule has 0 aromatic heterocycles. The molecule has 4 rings (SSSR count). The van der Waals surface area contributed by atoms with E-state index in [1.807, 2.05) is 0 Å². The number of nitrogens with two attached hydrogens (primary N) is 2. The van der Waals surface area contributed by atoms with Crippen LogP contribution in [0.2, 0.25) is 0 Å². The Labute approximate surface area is 473 Å². The third-order valence-corrected chi connectivity index (χ3v) is 18.3. The average molecular weight is 1190 g/mol. The van der Waals surface area contributed by atoms with E-state index in [-0.39, 0.29) is 78.7 Å². The third-order valence-electron chi connectivity index (χ3n) is 12.8. The number of benzene rings is 1. The lowest BCUT2D eigenvalue weighted by Gasteiger charge is -2.30. The predicted octanol–water partition coefficient (Wildman–Crippen LogP) is -1.97. The number of rotatable bonds is 10. The van der Waals surface area contributed by atoms with Crippen LogP contribution in [0.15, 0.2) is 24.3 Å². The number of carbonyl (C=O) groups excluding carboxylic acids is 11. The van der Waals surface area contributed by atoms with E-state index >= 15 is 0 Å². The number of thiol groups is 2. The van der Waals surface area contributed by atoms with Crippen LogP contribution >= 0.6 is 68.4 Å². The van der Waals surface area contributed by atoms with Gasteiger partial charge in [-0.2, -0.15) is 25.3 Å². The molecule has 1 aromatic rings. The van der Waals surface area contributed by atoms with Crippen molar-refractivity contribution in [3.05, 3.63) is 29.8 Å². The zero-order valence-electron chi connectivity index (χ0n) is 42.7. The summed E-state index contributed by atoms with van der Waals surface area (Å²) < 4.78 is 0. The topological polar surface area (TPSA) is 380 Å². The van der Waals surface area contributed by atoms with E-state index in [0.29, 0.717) is 42.8 Å². The number of fused-ring (bicyclic) bond motifs is 3. The van der Waals surface area contributed by atoms with E-state index in [1.165, 1.54) is 86.3 Å². The van der Waals surface area contributed by atoms with Crippen LogP contribution in [-0.2, 0) is 59.2 Å². The Balaban J connectivity index is 1.64. The molecule has 3 aliphatic rings. The van der Waals surface area contributed by atoms with Gasteiger partial charge in [-0.3, -0.25) is 58.1 Å². The van der Waals surface area contributed by atoms with Crippen molar-refractivity contribution in [3.63, 3.8) is 0 Å². The van der Waals surface area contributed by atoms with Crippen LogP contribution in [0.1, 0.15) is 70.8 Å². The molecule has 3 aliphatic heterocycles. The molecule has 0 aliphatic carbocycles. The first-order valence-corrected chi connectivity index (χ1v) is 31.3. The smallest absolute Gasteiger partial charge is 0.245 e. The molecule has 0 saturated carbocycles. The summed E-state index contributed by atoms with van der Waals surface area (Å²) in [5, 5.41) is 40.2. The second-order valence-corrected chi connectivity index (χ2v) is 24.6. The number of aliphatic hydroxyl groups is 1. The lowest BCUT2D eigenvalue weighted by atomic mass is 9.90. The highest BCUT2D eigenvalue weighted by Crippen LogP contribution is 2.34. The number of carbonyl (C=O) groups is 11. The minimum Gasteiger partial charge on any atom is -0.508 e. The largest absolute Gasteiger partial charge is 0.508 e. The van der Waals surface area contributed by atoms with E-state index in [4.69, 9.17) is 11.5 Å². The molecular weight excluding hydrogens is 1120 g/mol. The highest BCUT2D eigenvalue weighted by molar-refractivity contribution is 8.77. The van der Waals surface area contributed by atoms with E-state index in [2.05, 4.69) is 67.9 Å². The number of nitrogens with zero attached hydrogens (tertiary/aromatic N) is 1. The van der Waals surface area contributed by atoms with Gasteiger partial charge in [-0.05, 0) is 69.6 Å². The molecule has 0 spiro atoms. The summed E-state index contributed by atoms with van der Waals surface area (Å²) in [5.41, 5.74) is 14.6. The highest BCUT2D eigenvalue weighted by Gasteiger charge is 2.38. The fourth-order valence-corrected chi connectivity index (χ4v) is 13.8. The van der Waals surface area contributed by atoms with E-state index in [9.17, 15) is 63.0 Å². The van der Waals surface area contributed by atoms with Crippen molar-refractivity contribution in [2.75, 3.05) is 47.7 Å². The zero-order valence-corrected chi connectivity index (χ0v) is 47.8. The minimum atomic E-state index is -1.72. The van der Waals surface area contributed by atoms with Gasteiger partial charge in [0.1, 0.15) is 36.0 Å². The summed E-state index contributed by atoms with van der Waals surface area (Å²) in [6.07, 6.45) is -0.326. The summed E-state index contributed by atoms with van der Waals surface area (Å²) in [7, 11) is 5.77. The molecule has 3 heterocycles. The molecule has 428 valence electrons. The monoisotopic (exact) mass is 1190 g/mol. The normalized spacial score (nSPS) is 28.3. The molecule has 30 heteroatoms. The van der Waals surface area contributed by atoms with Gasteiger partial charge in [-0.15, -0.1) is 0 Å². The average Bonchev–Trinajstić information content (AvgIpc) is 3.85. The minimum absolute atomic E-state index is 0.0286. The highest BCUT2D eigenvalue weighted by atomic mass is 33.1. The van der Waals surface area contributed by atoms with Crippen LogP contribution in [0.25, 0.3) is 0 Å². The summed E-state index contributed by atoms with van der Waals surface area (Å²) in [4.78, 5) is 147. The Morgan fingerprint density at radius 2 is 1.47 bits per heavy atom. The second kappa shape index (κ2) is 33.4. The molecule has 3 saturated heterocycles. The number of aromatic hydroxyl groups is 1. The van der Waals surface area contributed by atoms with Gasteiger partial charge in [-0.1, -0.05) is 68.1 Å². The molecule has 24 nitrogen and oxygen atoms in total. The van der Waals surface area contributed by atoms with Crippen LogP contribution in [0.3, 0.4) is 0 Å². The number of hydrazine groups is 1. The molecule has 11 atom stereocenters. The summed E-state index contributed by atoms with van der Waals surface area (Å²) in [6, 6.07) is -4.02. The number of hydrogen-bond donors (Lipinski definition) is 14. The van der Waals surface area contributed by atoms with Gasteiger partial charge >= 0.3 is 0 Å². The number of amides is 8. The van der Waals surface area contributed by atoms with Gasteiger partial charge in [0.2, 0.25) is 58.8 Å². The van der Waals surface area contributed by atoms with Crippen LogP contribution < -0.4 is 54.1 Å². The van der Waals surface area contributed by atoms with Crippen molar-refractivity contribution >= 4 is 133 Å². The quantitative estimate of drug-likeness (QED) is 0.0686. The second-order valence-electron chi connectivity index (χ2n) is 18.9. The van der Waals surface area contributed by atoms with Gasteiger partial charge in [0.15, 0.2) is 5.78 Å². The predicted molar refractivity (Wildman–Crippen MR) is 301 cm³/mol. The van der Waals surface area contributed by atoms with E-state index < -0.39 is 126 Å². The van der Waals surface area contributed by atoms with Crippen LogP contribution in [0, 0.1) is 11.8 Å². The summed E-state index contributed by atoms with van der Waals surface area (Å²) in [6.45, 7) is 1.96. The molecule has 3 fully saturated rings. The van der Waals surface area contributed by atoms with Gasteiger partial charge in [0, 0.05) is 41.9 Å². The first-order valence-electron chi connectivity index (χ1n) is 25.0. The molecule has 2 bridgehead atoms. The Kier molecular flexibility index (Phi) is 28.3. The molecule has 77 heavy (non-hydrogen) atoms. The fraction of sp³-hybridized carbons (Fsp3) is 0.638. The molecule has 1 aromatic carbocycles. The van der Waals surface area contributed by atoms with Gasteiger partial charge < -0.3 is 53.6 Å². The Hall–Kier alpha value is -4.27. The standard InChI is InChI=1S/C47H71N11O13S6/c1-24-40(64)41(65)34(19-73)51-23-77-75-21-27-14-28(43(67)55-33(18-72)36(61)22-76-74-20-27)6-3-4-7-30(44(68)54-31(42(49)66)15-26-9-11-29(60)12-10-26)53-38(63)17-50-47(71)39(25(2)59)56-45(69)32(16-37(48)62)57-58-13-5-8-35(58)46(70)52-24/h9-12,24-25,27-28,30-35,39,51,57,59-60,72-73H,3-8,13-23H2,1-2H3,(H2,48,62)(H2,49,66)(H,50,71)(H,52,70)(H,53,63)(H,54,68)(H,55,67)(H,56,69)/t24-,25+,27?,28+,30?,31-,32?,33-,34-,35-,39-/m0/s1. The maximum atomic E-state index is 14.0. The number of nitrogens with one attached hydrogen (secondary N) is 8. The fourth-order valence-electron chi connectivity index (χ4n) is 8.47. The Bertz CT molecular complexity index is 2260. The van der Waals surface area contributed by atoms with Crippen molar-refractivity contribution in [2.24, 2.45) is 23.3 Å². The van der Waals surface area contributed by atoms with Crippen LogP contribution in [0.4, 0.5) is 0 Å². The number of primary amides is 2. The van der Waals surface area contributed by atoms with E-state index in [1.54, 1.807) is 0 Å². The molecular formula is C47H71N11O13S6. The first kappa shape index (κ1) is 65.2. The zero-order chi connectivity index (χ0) is 56.8. The number of ketones is 3. The number of hydrogen-bond acceptors (Lipinski definition) is 22. The Morgan fingerprint density at radius 1 is 0.792 bits per heavy atom. The van der Waals surface area contributed by atoms with Crippen LogP contribution in [0.5, 0.6) is 5.75 Å². The molecule has 3 unspecified atom stereocenters.